The molecule has 0 aliphatic carbocycles. The van der Waals surface area contributed by atoms with Gasteiger partial charge in [-0.2, -0.15) is 9.57 Å². The quantitative estimate of drug-likeness (QED) is 0.813. The Labute approximate surface area is 147 Å². The molecular weight excluding hydrogens is 342 g/mol. The fraction of sp³-hybridized carbons (Fsp3) is 0.529. The van der Waals surface area contributed by atoms with Crippen molar-refractivity contribution in [1.29, 1.82) is 5.26 Å². The number of anilines is 1. The number of nitrogens with zero attached hydrogens (tertiary/aromatic N) is 3. The van der Waals surface area contributed by atoms with Crippen molar-refractivity contribution >= 4 is 21.6 Å². The van der Waals surface area contributed by atoms with Gasteiger partial charge in [0.1, 0.15) is 10.6 Å². The van der Waals surface area contributed by atoms with Gasteiger partial charge in [0.05, 0.1) is 13.2 Å². The lowest BCUT2D eigenvalue weighted by Gasteiger charge is -2.29. The SMILES string of the molecule is COc1ccc(N2CCCC2=O)cc1S(=O)(=O)N1CCC(C#N)CC1. The van der Waals surface area contributed by atoms with Crippen LogP contribution in [0.15, 0.2) is 23.1 Å². The highest BCUT2D eigenvalue weighted by molar-refractivity contribution is 7.89. The van der Waals surface area contributed by atoms with Crippen LogP contribution in [-0.2, 0) is 14.8 Å². The number of ether oxygens (including phenoxy) is 1. The number of rotatable bonds is 4. The Bertz CT molecular complexity index is 808. The molecule has 2 aliphatic heterocycles. The predicted octanol–water partition coefficient (Wildman–Crippen LogP) is 1.75. The summed E-state index contributed by atoms with van der Waals surface area (Å²) in [5.41, 5.74) is 0.578. The Morgan fingerprint density at radius 2 is 1.96 bits per heavy atom. The van der Waals surface area contributed by atoms with Crippen LogP contribution < -0.4 is 9.64 Å². The van der Waals surface area contributed by atoms with Crippen molar-refractivity contribution in [2.45, 2.75) is 30.6 Å². The summed E-state index contributed by atoms with van der Waals surface area (Å²) in [6.07, 6.45) is 2.31. The normalized spacial score (nSPS) is 19.8. The summed E-state index contributed by atoms with van der Waals surface area (Å²) >= 11 is 0. The van der Waals surface area contributed by atoms with Crippen molar-refractivity contribution < 1.29 is 17.9 Å². The molecule has 25 heavy (non-hydrogen) atoms. The molecule has 2 saturated heterocycles. The monoisotopic (exact) mass is 363 g/mol. The smallest absolute Gasteiger partial charge is 0.246 e. The first-order valence-corrected chi connectivity index (χ1v) is 9.79. The molecular formula is C17H21N3O4S. The molecule has 0 atom stereocenters. The van der Waals surface area contributed by atoms with Gasteiger partial charge in [0.15, 0.2) is 0 Å². The van der Waals surface area contributed by atoms with Crippen molar-refractivity contribution in [2.24, 2.45) is 5.92 Å². The Kier molecular flexibility index (Phi) is 4.97. The summed E-state index contributed by atoms with van der Waals surface area (Å²) in [5, 5.41) is 8.99. The number of nitriles is 1. The molecule has 1 amide bonds. The van der Waals surface area contributed by atoms with Crippen LogP contribution in [0.5, 0.6) is 5.75 Å². The number of piperidine rings is 1. The minimum atomic E-state index is -3.75. The van der Waals surface area contributed by atoms with Gasteiger partial charge in [0.25, 0.3) is 0 Å². The Balaban J connectivity index is 1.94. The molecule has 0 saturated carbocycles. The summed E-state index contributed by atoms with van der Waals surface area (Å²) in [6.45, 7) is 1.23. The van der Waals surface area contributed by atoms with E-state index in [9.17, 15) is 13.2 Å². The summed E-state index contributed by atoms with van der Waals surface area (Å²) < 4.78 is 32.8. The van der Waals surface area contributed by atoms with Crippen LogP contribution >= 0.6 is 0 Å². The third kappa shape index (κ3) is 3.34. The van der Waals surface area contributed by atoms with E-state index in [1.54, 1.807) is 17.0 Å². The first-order chi connectivity index (χ1) is 12.0. The molecule has 2 heterocycles. The topological polar surface area (TPSA) is 90.7 Å². The maximum atomic E-state index is 13.1. The zero-order valence-electron chi connectivity index (χ0n) is 14.1. The molecule has 1 aromatic carbocycles. The number of methoxy groups -OCH3 is 1. The molecule has 0 aromatic heterocycles. The molecule has 3 rings (SSSR count). The number of sulfonamides is 1. The summed E-state index contributed by atoms with van der Waals surface area (Å²) in [4.78, 5) is 13.6. The molecule has 0 radical (unpaired) electrons. The lowest BCUT2D eigenvalue weighted by molar-refractivity contribution is -0.117. The molecule has 7 nitrogen and oxygen atoms in total. The average Bonchev–Trinajstić information content (AvgIpc) is 3.07. The van der Waals surface area contributed by atoms with E-state index in [-0.39, 0.29) is 22.5 Å². The maximum Gasteiger partial charge on any atom is 0.246 e. The van der Waals surface area contributed by atoms with Gasteiger partial charge < -0.3 is 9.64 Å². The van der Waals surface area contributed by atoms with Gasteiger partial charge in [-0.1, -0.05) is 0 Å². The van der Waals surface area contributed by atoms with Gasteiger partial charge in [0, 0.05) is 37.7 Å². The number of carbonyl (C=O) groups excluding carboxylic acids is 1. The van der Waals surface area contributed by atoms with E-state index in [4.69, 9.17) is 10.00 Å². The van der Waals surface area contributed by atoms with Crippen molar-refractivity contribution in [3.8, 4) is 11.8 Å². The van der Waals surface area contributed by atoms with Gasteiger partial charge in [-0.25, -0.2) is 8.42 Å². The van der Waals surface area contributed by atoms with Gasteiger partial charge in [-0.05, 0) is 37.5 Å². The first-order valence-electron chi connectivity index (χ1n) is 8.35. The molecule has 2 fully saturated rings. The van der Waals surface area contributed by atoms with Crippen LogP contribution in [0.3, 0.4) is 0 Å². The predicted molar refractivity (Wildman–Crippen MR) is 91.7 cm³/mol. The Morgan fingerprint density at radius 1 is 1.24 bits per heavy atom. The highest BCUT2D eigenvalue weighted by atomic mass is 32.2. The van der Waals surface area contributed by atoms with Crippen LogP contribution in [0, 0.1) is 17.2 Å². The molecule has 1 aromatic rings. The molecule has 0 unspecified atom stereocenters. The van der Waals surface area contributed by atoms with E-state index in [0.29, 0.717) is 44.6 Å². The summed E-state index contributed by atoms with van der Waals surface area (Å²) in [7, 11) is -2.32. The zero-order chi connectivity index (χ0) is 18.0. The largest absolute Gasteiger partial charge is 0.495 e. The van der Waals surface area contributed by atoms with E-state index < -0.39 is 10.0 Å². The number of amides is 1. The van der Waals surface area contributed by atoms with Crippen LogP contribution in [0.4, 0.5) is 5.69 Å². The second kappa shape index (κ2) is 7.02. The van der Waals surface area contributed by atoms with Gasteiger partial charge in [0.2, 0.25) is 15.9 Å². The average molecular weight is 363 g/mol. The molecule has 2 aliphatic rings. The minimum absolute atomic E-state index is 0.00310. The summed E-state index contributed by atoms with van der Waals surface area (Å²) in [5.74, 6) is 0.169. The minimum Gasteiger partial charge on any atom is -0.495 e. The second-order valence-corrected chi connectivity index (χ2v) is 8.20. The van der Waals surface area contributed by atoms with Crippen molar-refractivity contribution in [1.82, 2.24) is 4.31 Å². The highest BCUT2D eigenvalue weighted by Gasteiger charge is 2.33. The fourth-order valence-corrected chi connectivity index (χ4v) is 4.97. The molecule has 0 spiro atoms. The van der Waals surface area contributed by atoms with E-state index >= 15 is 0 Å². The molecule has 8 heteroatoms. The third-order valence-corrected chi connectivity index (χ3v) is 6.71. The molecule has 0 N–H and O–H groups in total. The van der Waals surface area contributed by atoms with Gasteiger partial charge >= 0.3 is 0 Å². The molecule has 0 bridgehead atoms. The lowest BCUT2D eigenvalue weighted by atomic mass is 10.0. The first kappa shape index (κ1) is 17.7. The van der Waals surface area contributed by atoms with Gasteiger partial charge in [-0.3, -0.25) is 4.79 Å². The van der Waals surface area contributed by atoms with Crippen LogP contribution in [0.1, 0.15) is 25.7 Å². The highest BCUT2D eigenvalue weighted by Crippen LogP contribution is 2.34. The lowest BCUT2D eigenvalue weighted by Crippen LogP contribution is -2.38. The Morgan fingerprint density at radius 3 is 2.52 bits per heavy atom. The van der Waals surface area contributed by atoms with Crippen LogP contribution in [0.2, 0.25) is 0 Å². The zero-order valence-corrected chi connectivity index (χ0v) is 15.0. The maximum absolute atomic E-state index is 13.1. The fourth-order valence-electron chi connectivity index (χ4n) is 3.32. The molecule has 134 valence electrons. The number of benzene rings is 1. The standard InChI is InChI=1S/C17H21N3O4S/c1-24-15-5-4-14(20-8-2-3-17(20)21)11-16(15)25(22,23)19-9-6-13(12-18)7-10-19/h4-5,11,13H,2-3,6-10H2,1H3. The number of carbonyl (C=O) groups is 1. The van der Waals surface area contributed by atoms with Crippen LogP contribution in [-0.4, -0.2) is 45.4 Å². The van der Waals surface area contributed by atoms with E-state index in [0.717, 1.165) is 6.42 Å². The summed E-state index contributed by atoms with van der Waals surface area (Å²) in [6, 6.07) is 7.02. The van der Waals surface area contributed by atoms with Crippen molar-refractivity contribution in [3.05, 3.63) is 18.2 Å². The third-order valence-electron chi connectivity index (χ3n) is 4.79. The second-order valence-electron chi connectivity index (χ2n) is 6.29. The Hall–Kier alpha value is -2.11. The van der Waals surface area contributed by atoms with Crippen molar-refractivity contribution in [2.75, 3.05) is 31.6 Å². The number of hydrogen-bond acceptors (Lipinski definition) is 5. The van der Waals surface area contributed by atoms with Gasteiger partial charge in [-0.15, -0.1) is 0 Å². The van der Waals surface area contributed by atoms with Crippen LogP contribution in [0.25, 0.3) is 0 Å². The van der Waals surface area contributed by atoms with E-state index in [1.807, 2.05) is 0 Å². The van der Waals surface area contributed by atoms with E-state index in [1.165, 1.54) is 17.5 Å². The van der Waals surface area contributed by atoms with E-state index in [2.05, 4.69) is 6.07 Å². The number of hydrogen-bond donors (Lipinski definition) is 0. The van der Waals surface area contributed by atoms with Crippen molar-refractivity contribution in [3.63, 3.8) is 0 Å².